The highest BCUT2D eigenvalue weighted by molar-refractivity contribution is 7.12. The Bertz CT molecular complexity index is 728. The summed E-state index contributed by atoms with van der Waals surface area (Å²) in [5, 5.41) is 19.5. The molecule has 8 nitrogen and oxygen atoms in total. The Morgan fingerprint density at radius 3 is 3.12 bits per heavy atom. The van der Waals surface area contributed by atoms with Gasteiger partial charge in [-0.05, 0) is 30.8 Å². The van der Waals surface area contributed by atoms with Crippen molar-refractivity contribution in [2.24, 2.45) is 18.1 Å². The first-order valence-electron chi connectivity index (χ1n) is 8.18. The molecule has 1 saturated heterocycles. The lowest BCUT2D eigenvalue weighted by Gasteiger charge is -2.29. The van der Waals surface area contributed by atoms with Crippen LogP contribution in [-0.2, 0) is 16.7 Å². The molecule has 0 bridgehead atoms. The quantitative estimate of drug-likeness (QED) is 0.455. The van der Waals surface area contributed by atoms with Crippen LogP contribution in [0.4, 0.5) is 0 Å². The van der Waals surface area contributed by atoms with Gasteiger partial charge in [0.1, 0.15) is 12.9 Å². The Labute approximate surface area is 149 Å². The van der Waals surface area contributed by atoms with Crippen LogP contribution >= 0.6 is 11.3 Å². The summed E-state index contributed by atoms with van der Waals surface area (Å²) in [6.07, 6.45) is 3.14. The molecule has 1 fully saturated rings. The molecule has 0 aromatic carbocycles. The zero-order valence-corrected chi connectivity index (χ0v) is 14.9. The number of nitrogens with zero attached hydrogens (tertiary/aromatic N) is 5. The molecule has 25 heavy (non-hydrogen) atoms. The van der Waals surface area contributed by atoms with Crippen LogP contribution in [0, 0.1) is 5.92 Å². The van der Waals surface area contributed by atoms with Gasteiger partial charge in [-0.1, -0.05) is 11.2 Å². The molecule has 2 aromatic rings. The van der Waals surface area contributed by atoms with E-state index in [0.717, 1.165) is 24.3 Å². The fourth-order valence-corrected chi connectivity index (χ4v) is 3.56. The van der Waals surface area contributed by atoms with Gasteiger partial charge in [0.2, 0.25) is 0 Å². The molecule has 3 heterocycles. The third kappa shape index (κ3) is 4.43. The highest BCUT2D eigenvalue weighted by Gasteiger charge is 2.25. The Morgan fingerprint density at radius 1 is 1.56 bits per heavy atom. The minimum atomic E-state index is -0.717. The van der Waals surface area contributed by atoms with Crippen LogP contribution in [0.1, 0.15) is 23.5 Å². The Balaban J connectivity index is 1.59. The van der Waals surface area contributed by atoms with E-state index in [1.807, 2.05) is 24.6 Å². The van der Waals surface area contributed by atoms with Crippen LogP contribution in [0.2, 0.25) is 0 Å². The summed E-state index contributed by atoms with van der Waals surface area (Å²) in [6.45, 7) is 2.53. The maximum absolute atomic E-state index is 11.1. The van der Waals surface area contributed by atoms with E-state index in [1.54, 1.807) is 16.0 Å². The molecule has 3 rings (SSSR count). The third-order valence-corrected chi connectivity index (χ3v) is 5.06. The van der Waals surface area contributed by atoms with Crippen molar-refractivity contribution in [2.45, 2.75) is 12.8 Å². The van der Waals surface area contributed by atoms with E-state index in [1.165, 1.54) is 6.33 Å². The Kier molecular flexibility index (Phi) is 5.77. The molecule has 2 aromatic heterocycles. The van der Waals surface area contributed by atoms with E-state index in [0.29, 0.717) is 31.2 Å². The number of oxime groups is 1. The van der Waals surface area contributed by atoms with Crippen LogP contribution in [0.25, 0.3) is 0 Å². The van der Waals surface area contributed by atoms with Gasteiger partial charge >= 0.3 is 5.97 Å². The first-order chi connectivity index (χ1) is 12.1. The summed E-state index contributed by atoms with van der Waals surface area (Å²) in [5.74, 6) is -0.352. The van der Waals surface area contributed by atoms with Crippen molar-refractivity contribution in [1.29, 1.82) is 0 Å². The van der Waals surface area contributed by atoms with Crippen molar-refractivity contribution < 1.29 is 14.7 Å². The molecule has 1 aliphatic rings. The summed E-state index contributed by atoms with van der Waals surface area (Å²) >= 11 is 1.56. The molecule has 1 N–H and O–H groups in total. The first-order valence-corrected chi connectivity index (χ1v) is 9.06. The Morgan fingerprint density at radius 2 is 2.44 bits per heavy atom. The number of hydrogen-bond acceptors (Lipinski definition) is 7. The van der Waals surface area contributed by atoms with Gasteiger partial charge in [0.25, 0.3) is 0 Å². The van der Waals surface area contributed by atoms with Gasteiger partial charge in [0.05, 0.1) is 10.8 Å². The van der Waals surface area contributed by atoms with Gasteiger partial charge in [-0.2, -0.15) is 5.10 Å². The van der Waals surface area contributed by atoms with Crippen LogP contribution in [0.3, 0.4) is 0 Å². The average Bonchev–Trinajstić information content (AvgIpc) is 3.27. The lowest BCUT2D eigenvalue weighted by Crippen LogP contribution is -2.40. The Hall–Kier alpha value is -2.26. The highest BCUT2D eigenvalue weighted by Crippen LogP contribution is 2.17. The number of carbonyl (C=O) groups is 1. The van der Waals surface area contributed by atoms with Crippen LogP contribution in [-0.4, -0.2) is 62.7 Å². The third-order valence-electron chi connectivity index (χ3n) is 4.19. The van der Waals surface area contributed by atoms with Crippen molar-refractivity contribution >= 4 is 23.0 Å². The van der Waals surface area contributed by atoms with Gasteiger partial charge in [0.15, 0.2) is 11.5 Å². The average molecular weight is 363 g/mol. The molecule has 9 heteroatoms. The number of rotatable bonds is 7. The fourth-order valence-electron chi connectivity index (χ4n) is 2.86. The zero-order valence-electron chi connectivity index (χ0n) is 14.0. The molecular weight excluding hydrogens is 342 g/mol. The van der Waals surface area contributed by atoms with Gasteiger partial charge in [-0.25, -0.2) is 9.67 Å². The maximum Gasteiger partial charge on any atom is 0.307 e. The summed E-state index contributed by atoms with van der Waals surface area (Å²) in [6, 6.07) is 3.91. The van der Waals surface area contributed by atoms with Crippen LogP contribution in [0.15, 0.2) is 29.0 Å². The SMILES string of the molecule is Cn1ncnc1/C(=N/OCCN1CCC[C@@H](C(=O)O)C1)c1cccs1. The van der Waals surface area contributed by atoms with E-state index in [4.69, 9.17) is 9.94 Å². The number of aliphatic carboxylic acids is 1. The normalized spacial score (nSPS) is 19.1. The summed E-state index contributed by atoms with van der Waals surface area (Å²) in [5.41, 5.74) is 0.650. The van der Waals surface area contributed by atoms with E-state index < -0.39 is 5.97 Å². The molecule has 0 spiro atoms. The van der Waals surface area contributed by atoms with Crippen molar-refractivity contribution in [3.63, 3.8) is 0 Å². The second kappa shape index (κ2) is 8.21. The van der Waals surface area contributed by atoms with E-state index in [9.17, 15) is 4.79 Å². The monoisotopic (exact) mass is 363 g/mol. The van der Waals surface area contributed by atoms with Crippen molar-refractivity contribution in [2.75, 3.05) is 26.2 Å². The maximum atomic E-state index is 11.1. The van der Waals surface area contributed by atoms with Crippen molar-refractivity contribution in [3.8, 4) is 0 Å². The minimum Gasteiger partial charge on any atom is -0.481 e. The smallest absolute Gasteiger partial charge is 0.307 e. The number of aromatic nitrogens is 3. The first kappa shape index (κ1) is 17.6. The topological polar surface area (TPSA) is 92.8 Å². The minimum absolute atomic E-state index is 0.280. The molecule has 0 aliphatic carbocycles. The molecular formula is C16H21N5O3S. The predicted octanol–water partition coefficient (Wildman–Crippen LogP) is 1.44. The number of carboxylic acids is 1. The summed E-state index contributed by atoms with van der Waals surface area (Å²) in [7, 11) is 1.81. The zero-order chi connectivity index (χ0) is 17.6. The van der Waals surface area contributed by atoms with Gasteiger partial charge in [-0.3, -0.25) is 9.69 Å². The number of aryl methyl sites for hydroxylation is 1. The summed E-state index contributed by atoms with van der Waals surface area (Å²) < 4.78 is 1.66. The molecule has 1 aliphatic heterocycles. The van der Waals surface area contributed by atoms with Gasteiger partial charge < -0.3 is 9.94 Å². The molecule has 0 amide bonds. The number of likely N-dealkylation sites (tertiary alicyclic amines) is 1. The highest BCUT2D eigenvalue weighted by atomic mass is 32.1. The standard InChI is InChI=1S/C16H21N5O3S/c1-20-15(17-11-18-20)14(13-5-3-9-25-13)19-24-8-7-21-6-2-4-12(10-21)16(22)23/h3,5,9,11-12H,2,4,6-8,10H2,1H3,(H,22,23)/b19-14+/t12-/m1/s1. The predicted molar refractivity (Wildman–Crippen MR) is 93.7 cm³/mol. The molecule has 0 unspecified atom stereocenters. The second-order valence-corrected chi connectivity index (χ2v) is 6.88. The number of piperidine rings is 1. The van der Waals surface area contributed by atoms with Gasteiger partial charge in [-0.15, -0.1) is 11.3 Å². The molecule has 134 valence electrons. The van der Waals surface area contributed by atoms with Crippen molar-refractivity contribution in [1.82, 2.24) is 19.7 Å². The number of carboxylic acid groups (broad SMARTS) is 1. The summed E-state index contributed by atoms with van der Waals surface area (Å²) in [4.78, 5) is 24.0. The molecule has 0 saturated carbocycles. The largest absolute Gasteiger partial charge is 0.481 e. The lowest BCUT2D eigenvalue weighted by molar-refractivity contribution is -0.143. The molecule has 0 radical (unpaired) electrons. The fraction of sp³-hybridized carbons (Fsp3) is 0.500. The van der Waals surface area contributed by atoms with Gasteiger partial charge in [0, 0.05) is 20.1 Å². The number of thiophene rings is 1. The van der Waals surface area contributed by atoms with Crippen LogP contribution in [0.5, 0.6) is 0 Å². The van der Waals surface area contributed by atoms with E-state index in [-0.39, 0.29) is 5.92 Å². The molecule has 1 atom stereocenters. The van der Waals surface area contributed by atoms with Crippen LogP contribution < -0.4 is 0 Å². The lowest BCUT2D eigenvalue weighted by atomic mass is 9.98. The van der Waals surface area contributed by atoms with E-state index >= 15 is 0 Å². The second-order valence-electron chi connectivity index (χ2n) is 5.94. The van der Waals surface area contributed by atoms with Crippen molar-refractivity contribution in [3.05, 3.63) is 34.5 Å². The number of hydrogen-bond donors (Lipinski definition) is 1. The van der Waals surface area contributed by atoms with E-state index in [2.05, 4.69) is 20.1 Å².